The Hall–Kier alpha value is -1.73. The first-order valence-corrected chi connectivity index (χ1v) is 5.49. The van der Waals surface area contributed by atoms with Crippen molar-refractivity contribution in [2.75, 3.05) is 12.3 Å². The van der Waals surface area contributed by atoms with Crippen molar-refractivity contribution < 1.29 is 9.84 Å². The van der Waals surface area contributed by atoms with E-state index in [-0.39, 0.29) is 18.9 Å². The number of hydrogen-bond acceptors (Lipinski definition) is 6. The first-order chi connectivity index (χ1) is 8.29. The first-order valence-electron chi connectivity index (χ1n) is 5.49. The zero-order valence-electron chi connectivity index (χ0n) is 9.15. The number of nitrogens with two attached hydrogens (primary N) is 1. The third-order valence-electron chi connectivity index (χ3n) is 2.99. The molecule has 2 aromatic rings. The fourth-order valence-corrected chi connectivity index (χ4v) is 2.11. The van der Waals surface area contributed by atoms with Gasteiger partial charge < -0.3 is 15.6 Å². The fourth-order valence-electron chi connectivity index (χ4n) is 2.11. The van der Waals surface area contributed by atoms with Gasteiger partial charge in [0.2, 0.25) is 0 Å². The average molecular weight is 238 g/mol. The van der Waals surface area contributed by atoms with Gasteiger partial charge in [-0.3, -0.25) is 4.57 Å². The number of fused-ring (bicyclic) bond motifs is 1. The van der Waals surface area contributed by atoms with Crippen LogP contribution in [0.3, 0.4) is 0 Å². The van der Waals surface area contributed by atoms with Crippen molar-refractivity contribution in [3.8, 4) is 0 Å². The molecule has 1 fully saturated rings. The van der Waals surface area contributed by atoms with Gasteiger partial charge in [0.25, 0.3) is 0 Å². The minimum absolute atomic E-state index is 0.0419. The molecule has 3 N–H and O–H groups in total. The van der Waals surface area contributed by atoms with Crippen LogP contribution in [0.25, 0.3) is 11.2 Å². The summed E-state index contributed by atoms with van der Waals surface area (Å²) in [6, 6.07) is 0. The molecule has 0 unspecified atom stereocenters. The molecule has 1 aliphatic rings. The number of rotatable bonds is 2. The molecule has 0 radical (unpaired) electrons. The Kier molecular flexibility index (Phi) is 2.41. The highest BCUT2D eigenvalue weighted by molar-refractivity contribution is 5.81. The van der Waals surface area contributed by atoms with Gasteiger partial charge in [0.1, 0.15) is 18.1 Å². The highest BCUT2D eigenvalue weighted by atomic mass is 16.5. The van der Waals surface area contributed by atoms with E-state index in [1.54, 1.807) is 6.33 Å². The van der Waals surface area contributed by atoms with E-state index in [0.29, 0.717) is 17.0 Å². The molecule has 0 amide bonds. The van der Waals surface area contributed by atoms with Crippen molar-refractivity contribution in [2.24, 2.45) is 0 Å². The van der Waals surface area contributed by atoms with Crippen molar-refractivity contribution in [3.05, 3.63) is 12.7 Å². The van der Waals surface area contributed by atoms with Crippen molar-refractivity contribution in [1.29, 1.82) is 0 Å². The molecular formula is C10H13N5O2. The zero-order chi connectivity index (χ0) is 11.8. The van der Waals surface area contributed by atoms with E-state index >= 15 is 0 Å². The second-order valence-electron chi connectivity index (χ2n) is 4.06. The summed E-state index contributed by atoms with van der Waals surface area (Å²) in [5.41, 5.74) is 6.97. The van der Waals surface area contributed by atoms with Crippen LogP contribution in [0.2, 0.25) is 0 Å². The Balaban J connectivity index is 1.99. The highest BCUT2D eigenvalue weighted by Crippen LogP contribution is 2.30. The lowest BCUT2D eigenvalue weighted by Crippen LogP contribution is -2.14. The summed E-state index contributed by atoms with van der Waals surface area (Å²) in [7, 11) is 0. The summed E-state index contributed by atoms with van der Waals surface area (Å²) < 4.78 is 7.51. The van der Waals surface area contributed by atoms with Gasteiger partial charge in [-0.1, -0.05) is 0 Å². The van der Waals surface area contributed by atoms with Gasteiger partial charge in [-0.25, -0.2) is 15.0 Å². The molecule has 1 saturated heterocycles. The number of nitrogen functional groups attached to an aromatic ring is 1. The summed E-state index contributed by atoms with van der Waals surface area (Å²) in [6.07, 6.45) is 4.50. The summed E-state index contributed by atoms with van der Waals surface area (Å²) in [6.45, 7) is 0.0419. The summed E-state index contributed by atoms with van der Waals surface area (Å²) in [4.78, 5) is 12.2. The quantitative estimate of drug-likeness (QED) is 0.768. The molecule has 1 aliphatic heterocycles. The van der Waals surface area contributed by atoms with E-state index in [1.807, 2.05) is 4.57 Å². The van der Waals surface area contributed by atoms with E-state index in [2.05, 4.69) is 15.0 Å². The first kappa shape index (κ1) is 10.4. The molecule has 0 aliphatic carbocycles. The van der Waals surface area contributed by atoms with E-state index in [0.717, 1.165) is 12.8 Å². The standard InChI is InChI=1S/C10H13N5O2/c11-9-8-10(13-4-12-9)15(5-14-8)7-2-1-6(3-16)17-7/h4-7,16H,1-3H2,(H2,11,12,13)/t6-,7+/m0/s1/i5+1,10+1,14+1. The molecule has 2 aromatic heterocycles. The Morgan fingerprint density at radius 1 is 1.41 bits per heavy atom. The minimum atomic E-state index is -0.133. The molecule has 7 heteroatoms. The average Bonchev–Trinajstić information content (AvgIpc) is 2.94. The predicted molar refractivity (Wildman–Crippen MR) is 60.0 cm³/mol. The Morgan fingerprint density at radius 3 is 3.06 bits per heavy atom. The molecule has 0 saturated carbocycles. The smallest absolute Gasteiger partial charge is 0.167 e. The van der Waals surface area contributed by atoms with E-state index in [9.17, 15) is 0 Å². The molecular weight excluding hydrogens is 225 g/mol. The van der Waals surface area contributed by atoms with Crippen molar-refractivity contribution in [3.63, 3.8) is 0 Å². The van der Waals surface area contributed by atoms with E-state index in [4.69, 9.17) is 15.6 Å². The van der Waals surface area contributed by atoms with Gasteiger partial charge in [-0.15, -0.1) is 0 Å². The van der Waals surface area contributed by atoms with Crippen LogP contribution in [0.15, 0.2) is 12.7 Å². The third-order valence-corrected chi connectivity index (χ3v) is 2.99. The second-order valence-corrected chi connectivity index (χ2v) is 4.06. The Labute approximate surface area is 97.3 Å². The molecule has 3 heterocycles. The number of hydrogen-bond donors (Lipinski definition) is 2. The van der Waals surface area contributed by atoms with Crippen LogP contribution in [-0.4, -0.2) is 37.3 Å². The van der Waals surface area contributed by atoms with Gasteiger partial charge >= 0.3 is 0 Å². The number of ether oxygens (including phenoxy) is 1. The van der Waals surface area contributed by atoms with Gasteiger partial charge in [-0.2, -0.15) is 0 Å². The lowest BCUT2D eigenvalue weighted by Gasteiger charge is -2.13. The van der Waals surface area contributed by atoms with Gasteiger partial charge in [-0.05, 0) is 12.8 Å². The Bertz CT molecular complexity index is 540. The summed E-state index contributed by atoms with van der Waals surface area (Å²) >= 11 is 0. The highest BCUT2D eigenvalue weighted by Gasteiger charge is 2.27. The molecule has 0 spiro atoms. The molecule has 90 valence electrons. The Morgan fingerprint density at radius 2 is 2.29 bits per heavy atom. The van der Waals surface area contributed by atoms with Crippen LogP contribution in [0.5, 0.6) is 0 Å². The zero-order valence-corrected chi connectivity index (χ0v) is 9.15. The monoisotopic (exact) mass is 238 g/mol. The van der Waals surface area contributed by atoms with Crippen molar-refractivity contribution >= 4 is 17.0 Å². The number of anilines is 1. The van der Waals surface area contributed by atoms with Crippen molar-refractivity contribution in [2.45, 2.75) is 25.2 Å². The molecule has 0 bridgehead atoms. The van der Waals surface area contributed by atoms with Gasteiger partial charge in [0, 0.05) is 0 Å². The van der Waals surface area contributed by atoms with E-state index < -0.39 is 0 Å². The maximum absolute atomic E-state index is 9.04. The number of aliphatic hydroxyl groups is 1. The van der Waals surface area contributed by atoms with Crippen molar-refractivity contribution in [1.82, 2.24) is 19.5 Å². The summed E-state index contributed by atoms with van der Waals surface area (Å²) in [5, 5.41) is 9.04. The molecule has 3 rings (SSSR count). The number of aromatic nitrogens is 4. The summed E-state index contributed by atoms with van der Waals surface area (Å²) in [5.74, 6) is 0.366. The van der Waals surface area contributed by atoms with Crippen LogP contribution in [0.4, 0.5) is 5.82 Å². The SMILES string of the molecule is Nc1ncn[13c]2c1[15n][13cH]n2[C@H]1CC[C@@H](CO)O1. The molecule has 7 nitrogen and oxygen atoms in total. The number of aliphatic hydroxyl groups excluding tert-OH is 1. The van der Waals surface area contributed by atoms with Gasteiger partial charge in [0.15, 0.2) is 11.5 Å². The number of nitrogens with zero attached hydrogens (tertiary/aromatic N) is 4. The lowest BCUT2D eigenvalue weighted by molar-refractivity contribution is -0.0207. The van der Waals surface area contributed by atoms with Crippen LogP contribution in [0.1, 0.15) is 19.1 Å². The maximum atomic E-state index is 9.04. The van der Waals surface area contributed by atoms with Crippen LogP contribution >= 0.6 is 0 Å². The maximum Gasteiger partial charge on any atom is 0.167 e. The van der Waals surface area contributed by atoms with Crippen LogP contribution in [0, 0.1) is 0 Å². The largest absolute Gasteiger partial charge is 0.394 e. The second kappa shape index (κ2) is 3.94. The van der Waals surface area contributed by atoms with E-state index in [1.165, 1.54) is 6.33 Å². The molecule has 0 aromatic carbocycles. The number of imidazole rings is 1. The third kappa shape index (κ3) is 1.63. The van der Waals surface area contributed by atoms with Crippen LogP contribution < -0.4 is 5.73 Å². The minimum Gasteiger partial charge on any atom is -0.394 e. The fraction of sp³-hybridized carbons (Fsp3) is 0.500. The topological polar surface area (TPSA) is 99.1 Å². The predicted octanol–water partition coefficient (Wildman–Crippen LogP) is 0.0784. The van der Waals surface area contributed by atoms with Crippen LogP contribution in [-0.2, 0) is 4.74 Å². The molecule has 2 atom stereocenters. The normalized spacial score (nSPS) is 24.5. The molecule has 17 heavy (non-hydrogen) atoms. The van der Waals surface area contributed by atoms with Gasteiger partial charge in [0.05, 0.1) is 19.0 Å². The lowest BCUT2D eigenvalue weighted by atomic mass is 10.2.